The second kappa shape index (κ2) is 7.22. The fourth-order valence-corrected chi connectivity index (χ4v) is 1.96. The highest BCUT2D eigenvalue weighted by atomic mass is 35.5. The van der Waals surface area contributed by atoms with Gasteiger partial charge in [0.2, 0.25) is 0 Å². The summed E-state index contributed by atoms with van der Waals surface area (Å²) in [6.07, 6.45) is -4.76. The lowest BCUT2D eigenvalue weighted by atomic mass is 9.97. The van der Waals surface area contributed by atoms with E-state index in [-0.39, 0.29) is 29.5 Å². The largest absolute Gasteiger partial charge is 0.573 e. The normalized spacial score (nSPS) is 12.0. The number of phenolic OH excluding ortho intramolecular Hbond substituents is 1. The lowest BCUT2D eigenvalue weighted by molar-refractivity contribution is -0.274. The number of aromatic hydroxyl groups is 1. The minimum Gasteiger partial charge on any atom is -0.506 e. The summed E-state index contributed by atoms with van der Waals surface area (Å²) < 4.78 is 40.0. The molecule has 0 amide bonds. The number of hydrogen-bond donors (Lipinski definition) is 2. The molecule has 23 heavy (non-hydrogen) atoms. The van der Waals surface area contributed by atoms with E-state index in [1.54, 1.807) is 12.1 Å². The summed E-state index contributed by atoms with van der Waals surface area (Å²) in [7, 11) is 0. The summed E-state index contributed by atoms with van der Waals surface area (Å²) in [6, 6.07) is 10.6. The van der Waals surface area contributed by atoms with Crippen LogP contribution in [0.1, 0.15) is 22.7 Å². The molecule has 0 bridgehead atoms. The number of alkyl halides is 3. The van der Waals surface area contributed by atoms with Crippen molar-refractivity contribution in [3.8, 4) is 17.6 Å². The van der Waals surface area contributed by atoms with Crippen molar-refractivity contribution < 1.29 is 23.0 Å². The van der Waals surface area contributed by atoms with Gasteiger partial charge < -0.3 is 15.6 Å². The monoisotopic (exact) mass is 344 g/mol. The maximum Gasteiger partial charge on any atom is 0.573 e. The van der Waals surface area contributed by atoms with Gasteiger partial charge in [-0.3, -0.25) is 0 Å². The van der Waals surface area contributed by atoms with Crippen LogP contribution in [0.3, 0.4) is 0 Å². The number of rotatable bonds is 3. The van der Waals surface area contributed by atoms with E-state index in [4.69, 9.17) is 11.0 Å². The molecular formula is C15H12ClF3N2O2. The molecule has 0 radical (unpaired) electrons. The zero-order valence-corrected chi connectivity index (χ0v) is 12.4. The zero-order valence-electron chi connectivity index (χ0n) is 11.5. The van der Waals surface area contributed by atoms with Crippen molar-refractivity contribution in [2.45, 2.75) is 12.4 Å². The Labute approximate surface area is 136 Å². The van der Waals surface area contributed by atoms with Gasteiger partial charge in [-0.2, -0.15) is 5.26 Å². The highest BCUT2D eigenvalue weighted by Gasteiger charge is 2.31. The van der Waals surface area contributed by atoms with Crippen LogP contribution in [0.25, 0.3) is 0 Å². The fraction of sp³-hybridized carbons (Fsp3) is 0.133. The molecule has 0 heterocycles. The summed E-state index contributed by atoms with van der Waals surface area (Å²) in [5.74, 6) is -0.605. The van der Waals surface area contributed by atoms with Crippen LogP contribution in [-0.4, -0.2) is 11.5 Å². The molecule has 3 N–H and O–H groups in total. The van der Waals surface area contributed by atoms with Gasteiger partial charge in [0.05, 0.1) is 11.6 Å². The molecule has 0 saturated heterocycles. The van der Waals surface area contributed by atoms with Crippen LogP contribution in [0.2, 0.25) is 0 Å². The topological polar surface area (TPSA) is 79.3 Å². The summed E-state index contributed by atoms with van der Waals surface area (Å²) in [5.41, 5.74) is 6.84. The van der Waals surface area contributed by atoms with Crippen molar-refractivity contribution in [2.75, 3.05) is 0 Å². The molecule has 2 rings (SSSR count). The third-order valence-electron chi connectivity index (χ3n) is 3.00. The van der Waals surface area contributed by atoms with Crippen LogP contribution in [0, 0.1) is 11.3 Å². The summed E-state index contributed by atoms with van der Waals surface area (Å²) in [5, 5.41) is 18.8. The fourth-order valence-electron chi connectivity index (χ4n) is 1.96. The summed E-state index contributed by atoms with van der Waals surface area (Å²) in [6.45, 7) is 0. The van der Waals surface area contributed by atoms with Gasteiger partial charge in [0.15, 0.2) is 0 Å². The molecule has 2 aromatic rings. The van der Waals surface area contributed by atoms with Gasteiger partial charge in [-0.05, 0) is 23.8 Å². The maximum absolute atomic E-state index is 12.1. The van der Waals surface area contributed by atoms with Crippen molar-refractivity contribution in [2.24, 2.45) is 5.73 Å². The molecule has 0 spiro atoms. The highest BCUT2D eigenvalue weighted by molar-refractivity contribution is 5.85. The minimum atomic E-state index is -4.76. The Bertz CT molecular complexity index is 712. The number of benzene rings is 2. The number of nitriles is 1. The smallest absolute Gasteiger partial charge is 0.506 e. The van der Waals surface area contributed by atoms with Gasteiger partial charge in [-0.1, -0.05) is 24.3 Å². The van der Waals surface area contributed by atoms with Gasteiger partial charge in [0.1, 0.15) is 17.6 Å². The van der Waals surface area contributed by atoms with Gasteiger partial charge in [0, 0.05) is 5.56 Å². The van der Waals surface area contributed by atoms with Gasteiger partial charge >= 0.3 is 6.36 Å². The van der Waals surface area contributed by atoms with Crippen LogP contribution in [0.5, 0.6) is 11.5 Å². The predicted octanol–water partition coefficient (Wildman–Crippen LogP) is 3.63. The number of hydrogen-bond acceptors (Lipinski definition) is 4. The summed E-state index contributed by atoms with van der Waals surface area (Å²) in [4.78, 5) is 0. The summed E-state index contributed by atoms with van der Waals surface area (Å²) >= 11 is 0. The Balaban J connectivity index is 0.00000264. The Morgan fingerprint density at radius 2 is 1.74 bits per heavy atom. The Kier molecular flexibility index (Phi) is 5.85. The lowest BCUT2D eigenvalue weighted by Crippen LogP contribution is -2.17. The van der Waals surface area contributed by atoms with Crippen molar-refractivity contribution in [3.05, 3.63) is 59.2 Å². The van der Waals surface area contributed by atoms with Crippen molar-refractivity contribution in [3.63, 3.8) is 0 Å². The molecule has 8 heteroatoms. The zero-order chi connectivity index (χ0) is 16.3. The molecule has 0 aliphatic rings. The molecule has 4 nitrogen and oxygen atoms in total. The van der Waals surface area contributed by atoms with E-state index in [0.29, 0.717) is 11.1 Å². The number of halogens is 4. The highest BCUT2D eigenvalue weighted by Crippen LogP contribution is 2.31. The standard InChI is InChI=1S/C15H11F3N2O2.ClH/c16-15(17,18)22-11-6-4-9(5-7-11)13(20)12-3-1-2-10(8-19)14(12)21;/h1-7,13,21H,20H2;1H/t13-;/m1./s1. The van der Waals surface area contributed by atoms with Crippen molar-refractivity contribution in [1.82, 2.24) is 0 Å². The Morgan fingerprint density at radius 1 is 1.13 bits per heavy atom. The SMILES string of the molecule is Cl.N#Cc1cccc([C@H](N)c2ccc(OC(F)(F)F)cc2)c1O. The number of ether oxygens (including phenoxy) is 1. The Morgan fingerprint density at radius 3 is 2.26 bits per heavy atom. The second-order valence-electron chi connectivity index (χ2n) is 4.45. The van der Waals surface area contributed by atoms with Crippen LogP contribution >= 0.6 is 12.4 Å². The minimum absolute atomic E-state index is 0. The second-order valence-corrected chi connectivity index (χ2v) is 4.45. The molecule has 122 valence electrons. The Hall–Kier alpha value is -2.43. The van der Waals surface area contributed by atoms with Gasteiger partial charge in [0.25, 0.3) is 0 Å². The first-order valence-corrected chi connectivity index (χ1v) is 6.15. The molecule has 0 aliphatic carbocycles. The number of nitrogens with two attached hydrogens (primary N) is 1. The first-order chi connectivity index (χ1) is 10.3. The van der Waals surface area contributed by atoms with Crippen LogP contribution in [-0.2, 0) is 0 Å². The molecule has 0 unspecified atom stereocenters. The average molecular weight is 345 g/mol. The van der Waals surface area contributed by atoms with E-state index in [1.165, 1.54) is 18.2 Å². The molecule has 0 aromatic heterocycles. The molecule has 0 saturated carbocycles. The molecule has 0 fully saturated rings. The first-order valence-electron chi connectivity index (χ1n) is 6.15. The van der Waals surface area contributed by atoms with Crippen LogP contribution in [0.4, 0.5) is 13.2 Å². The molecule has 1 atom stereocenters. The maximum atomic E-state index is 12.1. The average Bonchev–Trinajstić information content (AvgIpc) is 2.46. The molecule has 2 aromatic carbocycles. The van der Waals surface area contributed by atoms with E-state index in [9.17, 15) is 18.3 Å². The van der Waals surface area contributed by atoms with Crippen LogP contribution in [0.15, 0.2) is 42.5 Å². The number of phenols is 1. The third-order valence-corrected chi connectivity index (χ3v) is 3.00. The molecular weight excluding hydrogens is 333 g/mol. The predicted molar refractivity (Wildman–Crippen MR) is 79.2 cm³/mol. The van der Waals surface area contributed by atoms with Gasteiger partial charge in [-0.25, -0.2) is 0 Å². The quantitative estimate of drug-likeness (QED) is 0.891. The van der Waals surface area contributed by atoms with Crippen molar-refractivity contribution in [1.29, 1.82) is 5.26 Å². The third kappa shape index (κ3) is 4.52. The van der Waals surface area contributed by atoms with Crippen molar-refractivity contribution >= 4 is 12.4 Å². The van der Waals surface area contributed by atoms with E-state index in [1.807, 2.05) is 6.07 Å². The van der Waals surface area contributed by atoms with E-state index in [0.717, 1.165) is 12.1 Å². The van der Waals surface area contributed by atoms with Gasteiger partial charge in [-0.15, -0.1) is 25.6 Å². The van der Waals surface area contributed by atoms with E-state index in [2.05, 4.69) is 4.74 Å². The van der Waals surface area contributed by atoms with E-state index < -0.39 is 12.4 Å². The number of para-hydroxylation sites is 1. The number of nitrogens with zero attached hydrogens (tertiary/aromatic N) is 1. The van der Waals surface area contributed by atoms with Crippen LogP contribution < -0.4 is 10.5 Å². The van der Waals surface area contributed by atoms with E-state index >= 15 is 0 Å². The first kappa shape index (κ1) is 18.6. The lowest BCUT2D eigenvalue weighted by Gasteiger charge is -2.15. The molecule has 0 aliphatic heterocycles.